The van der Waals surface area contributed by atoms with Crippen molar-refractivity contribution in [3.8, 4) is 0 Å². The monoisotopic (exact) mass is 278 g/mol. The van der Waals surface area contributed by atoms with E-state index in [1.165, 1.54) is 0 Å². The number of nitrogens with zero attached hydrogens (tertiary/aromatic N) is 2. The maximum Gasteiger partial charge on any atom is 0.182 e. The highest BCUT2D eigenvalue weighted by Gasteiger charge is 2.28. The Balaban J connectivity index is 1.86. The predicted molar refractivity (Wildman–Crippen MR) is 86.8 cm³/mol. The average molecular weight is 278 g/mol. The minimum Gasteiger partial charge on any atom is -0.330 e. The predicted octanol–water partition coefficient (Wildman–Crippen LogP) is 3.61. The quantitative estimate of drug-likeness (QED) is 0.801. The molecule has 2 aromatic carbocycles. The highest BCUT2D eigenvalue weighted by molar-refractivity contribution is 6.01. The molecule has 21 heavy (non-hydrogen) atoms. The first-order valence-electron chi connectivity index (χ1n) is 6.97. The number of anilines is 2. The van der Waals surface area contributed by atoms with E-state index in [2.05, 4.69) is 6.58 Å². The van der Waals surface area contributed by atoms with Crippen LogP contribution in [0, 0.1) is 6.92 Å². The Kier molecular flexibility index (Phi) is 3.26. The molecule has 0 atom stereocenters. The number of hydrogen-bond donors (Lipinski definition) is 0. The van der Waals surface area contributed by atoms with Gasteiger partial charge in [-0.15, -0.1) is 0 Å². The summed E-state index contributed by atoms with van der Waals surface area (Å²) in [7, 11) is 1.97. The van der Waals surface area contributed by atoms with Gasteiger partial charge < -0.3 is 9.80 Å². The highest BCUT2D eigenvalue weighted by atomic mass is 16.1. The van der Waals surface area contributed by atoms with Gasteiger partial charge in [-0.1, -0.05) is 48.5 Å². The lowest BCUT2D eigenvalue weighted by atomic mass is 10.1. The van der Waals surface area contributed by atoms with Gasteiger partial charge in [0.2, 0.25) is 0 Å². The summed E-state index contributed by atoms with van der Waals surface area (Å²) >= 11 is 0. The zero-order valence-corrected chi connectivity index (χ0v) is 12.3. The van der Waals surface area contributed by atoms with Crippen molar-refractivity contribution in [1.82, 2.24) is 0 Å². The molecule has 3 nitrogen and oxygen atoms in total. The van der Waals surface area contributed by atoms with Crippen LogP contribution in [-0.2, 0) is 0 Å². The van der Waals surface area contributed by atoms with Gasteiger partial charge in [0, 0.05) is 12.6 Å². The first-order chi connectivity index (χ1) is 10.1. The van der Waals surface area contributed by atoms with Crippen LogP contribution in [-0.4, -0.2) is 19.4 Å². The molecular formula is C18H18N2O. The Hall–Kier alpha value is -2.55. The molecule has 0 fully saturated rings. The van der Waals surface area contributed by atoms with Crippen molar-refractivity contribution in [1.29, 1.82) is 0 Å². The first-order valence-corrected chi connectivity index (χ1v) is 6.97. The number of ketones is 1. The van der Waals surface area contributed by atoms with Crippen LogP contribution in [0.4, 0.5) is 11.4 Å². The number of Topliss-reactive ketones (excluding diaryl/α,β-unsaturated/α-hetero) is 1. The molecule has 0 spiro atoms. The molecule has 0 N–H and O–H groups in total. The summed E-state index contributed by atoms with van der Waals surface area (Å²) < 4.78 is 0. The third-order valence-electron chi connectivity index (χ3n) is 3.91. The average Bonchev–Trinajstić information content (AvgIpc) is 2.73. The molecule has 0 amide bonds. The lowest BCUT2D eigenvalue weighted by Gasteiger charge is -2.21. The van der Waals surface area contributed by atoms with Gasteiger partial charge in [-0.2, -0.15) is 0 Å². The first kappa shape index (κ1) is 13.4. The smallest absolute Gasteiger partial charge is 0.182 e. The summed E-state index contributed by atoms with van der Waals surface area (Å²) in [5.41, 5.74) is 4.01. The topological polar surface area (TPSA) is 23.6 Å². The van der Waals surface area contributed by atoms with Gasteiger partial charge >= 0.3 is 0 Å². The SMILES string of the molecule is C=C1N(C)c2ccccc2N1CC(=O)c1ccc(C)cc1. The van der Waals surface area contributed by atoms with E-state index in [0.29, 0.717) is 6.54 Å². The summed E-state index contributed by atoms with van der Waals surface area (Å²) in [5, 5.41) is 0. The highest BCUT2D eigenvalue weighted by Crippen LogP contribution is 2.39. The molecule has 0 saturated heterocycles. The Morgan fingerprint density at radius 2 is 1.67 bits per heavy atom. The Morgan fingerprint density at radius 1 is 1.05 bits per heavy atom. The van der Waals surface area contributed by atoms with E-state index in [1.54, 1.807) is 0 Å². The second-order valence-electron chi connectivity index (χ2n) is 5.34. The van der Waals surface area contributed by atoms with Crippen molar-refractivity contribution < 1.29 is 4.79 Å². The zero-order chi connectivity index (χ0) is 15.0. The van der Waals surface area contributed by atoms with Crippen molar-refractivity contribution >= 4 is 17.2 Å². The summed E-state index contributed by atoms with van der Waals surface area (Å²) in [5.74, 6) is 0.929. The molecule has 0 radical (unpaired) electrons. The van der Waals surface area contributed by atoms with Crippen molar-refractivity contribution in [2.75, 3.05) is 23.4 Å². The van der Waals surface area contributed by atoms with Gasteiger partial charge in [-0.25, -0.2) is 0 Å². The summed E-state index contributed by atoms with van der Waals surface area (Å²) in [4.78, 5) is 16.5. The third kappa shape index (κ3) is 2.31. The molecule has 0 unspecified atom stereocenters. The molecule has 0 saturated carbocycles. The summed E-state index contributed by atoms with van der Waals surface area (Å²) in [6.07, 6.45) is 0. The molecule has 0 aromatic heterocycles. The van der Waals surface area contributed by atoms with Crippen molar-refractivity contribution in [2.45, 2.75) is 6.92 Å². The number of para-hydroxylation sites is 2. The van der Waals surface area contributed by atoms with Gasteiger partial charge in [0.25, 0.3) is 0 Å². The van der Waals surface area contributed by atoms with Gasteiger partial charge in [0.15, 0.2) is 5.78 Å². The van der Waals surface area contributed by atoms with E-state index < -0.39 is 0 Å². The van der Waals surface area contributed by atoms with Crippen LogP contribution >= 0.6 is 0 Å². The number of hydrogen-bond acceptors (Lipinski definition) is 3. The van der Waals surface area contributed by atoms with Crippen LogP contribution in [0.25, 0.3) is 0 Å². The standard InChI is InChI=1S/C18H18N2O/c1-13-8-10-15(11-9-13)18(21)12-20-14(2)19(3)16-6-4-5-7-17(16)20/h4-11H,2,12H2,1,3H3. The molecule has 1 heterocycles. The van der Waals surface area contributed by atoms with Crippen LogP contribution in [0.1, 0.15) is 15.9 Å². The van der Waals surface area contributed by atoms with E-state index in [9.17, 15) is 4.79 Å². The molecule has 1 aliphatic rings. The van der Waals surface area contributed by atoms with Gasteiger partial charge in [0.05, 0.1) is 17.9 Å². The van der Waals surface area contributed by atoms with Gasteiger partial charge in [-0.3, -0.25) is 4.79 Å². The number of carbonyl (C=O) groups excluding carboxylic acids is 1. The van der Waals surface area contributed by atoms with Crippen molar-refractivity contribution in [3.05, 3.63) is 72.1 Å². The van der Waals surface area contributed by atoms with Gasteiger partial charge in [0.1, 0.15) is 5.82 Å². The molecular weight excluding hydrogens is 260 g/mol. The summed E-state index contributed by atoms with van der Waals surface area (Å²) in [6.45, 7) is 6.42. The maximum absolute atomic E-state index is 12.5. The van der Waals surface area contributed by atoms with Crippen molar-refractivity contribution in [3.63, 3.8) is 0 Å². The lowest BCUT2D eigenvalue weighted by molar-refractivity contribution is 0.100. The molecule has 106 valence electrons. The Bertz CT molecular complexity index is 703. The Labute approximate surface area is 125 Å². The fraction of sp³-hybridized carbons (Fsp3) is 0.167. The number of rotatable bonds is 3. The number of carbonyl (C=O) groups is 1. The van der Waals surface area contributed by atoms with Crippen molar-refractivity contribution in [2.24, 2.45) is 0 Å². The van der Waals surface area contributed by atoms with E-state index >= 15 is 0 Å². The largest absolute Gasteiger partial charge is 0.330 e. The zero-order valence-electron chi connectivity index (χ0n) is 12.3. The van der Waals surface area contributed by atoms with Crippen LogP contribution in [0.15, 0.2) is 60.9 Å². The van der Waals surface area contributed by atoms with Crippen LogP contribution in [0.3, 0.4) is 0 Å². The minimum atomic E-state index is 0.0984. The molecule has 0 aliphatic carbocycles. The maximum atomic E-state index is 12.5. The molecule has 1 aliphatic heterocycles. The lowest BCUT2D eigenvalue weighted by Crippen LogP contribution is -2.30. The minimum absolute atomic E-state index is 0.0984. The summed E-state index contributed by atoms with van der Waals surface area (Å²) in [6, 6.07) is 15.7. The number of aryl methyl sites for hydroxylation is 1. The van der Waals surface area contributed by atoms with E-state index in [0.717, 1.165) is 28.3 Å². The fourth-order valence-corrected chi connectivity index (χ4v) is 2.59. The number of benzene rings is 2. The van der Waals surface area contributed by atoms with E-state index in [-0.39, 0.29) is 5.78 Å². The molecule has 0 bridgehead atoms. The second kappa shape index (κ2) is 5.09. The normalized spacial score (nSPS) is 13.5. The third-order valence-corrected chi connectivity index (χ3v) is 3.91. The molecule has 3 rings (SSSR count). The van der Waals surface area contributed by atoms with E-state index in [4.69, 9.17) is 0 Å². The van der Waals surface area contributed by atoms with Crippen LogP contribution in [0.5, 0.6) is 0 Å². The number of fused-ring (bicyclic) bond motifs is 1. The Morgan fingerprint density at radius 3 is 2.33 bits per heavy atom. The van der Waals surface area contributed by atoms with Crippen LogP contribution < -0.4 is 9.80 Å². The molecule has 2 aromatic rings. The molecule has 3 heteroatoms. The van der Waals surface area contributed by atoms with Gasteiger partial charge in [-0.05, 0) is 19.1 Å². The van der Waals surface area contributed by atoms with E-state index in [1.807, 2.05) is 72.3 Å². The second-order valence-corrected chi connectivity index (χ2v) is 5.34. The van der Waals surface area contributed by atoms with Crippen LogP contribution in [0.2, 0.25) is 0 Å². The fourth-order valence-electron chi connectivity index (χ4n) is 2.59.